The largest absolute Gasteiger partial charge is 0.465 e. The van der Waals surface area contributed by atoms with Crippen LogP contribution in [0.15, 0.2) is 64.4 Å². The van der Waals surface area contributed by atoms with Crippen molar-refractivity contribution in [1.29, 1.82) is 0 Å². The topological polar surface area (TPSA) is 88.1 Å². The van der Waals surface area contributed by atoms with Gasteiger partial charge in [0, 0.05) is 13.1 Å². The van der Waals surface area contributed by atoms with E-state index in [0.29, 0.717) is 34.9 Å². The molecule has 4 aromatic rings. The van der Waals surface area contributed by atoms with Gasteiger partial charge in [0.15, 0.2) is 11.2 Å². The predicted molar refractivity (Wildman–Crippen MR) is 126 cm³/mol. The van der Waals surface area contributed by atoms with E-state index in [9.17, 15) is 14.4 Å². The van der Waals surface area contributed by atoms with Gasteiger partial charge in [-0.05, 0) is 48.2 Å². The first kappa shape index (κ1) is 22.3. The highest BCUT2D eigenvalue weighted by atomic mass is 16.5. The number of esters is 1. The van der Waals surface area contributed by atoms with Crippen molar-refractivity contribution in [2.24, 2.45) is 0 Å². The predicted octanol–water partition coefficient (Wildman–Crippen LogP) is 3.33. The van der Waals surface area contributed by atoms with Crippen LogP contribution in [0.3, 0.4) is 0 Å². The van der Waals surface area contributed by atoms with Crippen molar-refractivity contribution < 1.29 is 9.53 Å². The molecule has 2 heterocycles. The second kappa shape index (κ2) is 8.90. The second-order valence-corrected chi connectivity index (χ2v) is 8.15. The highest BCUT2D eigenvalue weighted by Gasteiger charge is 2.19. The quantitative estimate of drug-likeness (QED) is 0.424. The van der Waals surface area contributed by atoms with Crippen LogP contribution in [0.2, 0.25) is 0 Å². The fourth-order valence-electron chi connectivity index (χ4n) is 3.93. The summed E-state index contributed by atoms with van der Waals surface area (Å²) in [6.07, 6.45) is 1.55. The molecule has 2 aromatic heterocycles. The minimum Gasteiger partial charge on any atom is -0.465 e. The molecule has 170 valence electrons. The Hall–Kier alpha value is -3.94. The fraction of sp³-hybridized carbons (Fsp3) is 0.280. The summed E-state index contributed by atoms with van der Waals surface area (Å²) in [7, 11) is 1.33. The molecule has 8 heteroatoms. The van der Waals surface area contributed by atoms with Gasteiger partial charge in [-0.25, -0.2) is 19.1 Å². The lowest BCUT2D eigenvalue weighted by Crippen LogP contribution is -2.39. The number of ether oxygens (including phenoxy) is 1. The molecule has 33 heavy (non-hydrogen) atoms. The smallest absolute Gasteiger partial charge is 0.337 e. The maximum absolute atomic E-state index is 13.2. The van der Waals surface area contributed by atoms with Crippen LogP contribution in [0.4, 0.5) is 0 Å². The van der Waals surface area contributed by atoms with E-state index in [-0.39, 0.29) is 6.54 Å². The number of aromatic nitrogens is 4. The van der Waals surface area contributed by atoms with Gasteiger partial charge in [0.05, 0.1) is 24.7 Å². The molecule has 0 N–H and O–H groups in total. The van der Waals surface area contributed by atoms with Gasteiger partial charge in [-0.3, -0.25) is 9.36 Å². The zero-order valence-corrected chi connectivity index (χ0v) is 19.1. The van der Waals surface area contributed by atoms with Crippen molar-refractivity contribution in [2.75, 3.05) is 7.11 Å². The molecule has 0 aliphatic heterocycles. The van der Waals surface area contributed by atoms with Gasteiger partial charge in [0.2, 0.25) is 0 Å². The summed E-state index contributed by atoms with van der Waals surface area (Å²) in [5.74, 6) is -0.0697. The third-order valence-corrected chi connectivity index (χ3v) is 5.74. The standard InChI is InChI=1S/C25H26N4O4/c1-5-28-23(30)21-22(29(25(28)32)20-11-9-18(10-12-20)16(2)3)26-15-27(21)14-17-7-6-8-19(13-17)24(31)33-4/h6-13,15-16H,5,14H2,1-4H3. The summed E-state index contributed by atoms with van der Waals surface area (Å²) >= 11 is 0. The summed E-state index contributed by atoms with van der Waals surface area (Å²) in [5, 5.41) is 0. The number of methoxy groups -OCH3 is 1. The van der Waals surface area contributed by atoms with Crippen LogP contribution in [0, 0.1) is 0 Å². The van der Waals surface area contributed by atoms with E-state index < -0.39 is 17.2 Å². The highest BCUT2D eigenvalue weighted by molar-refractivity contribution is 5.89. The van der Waals surface area contributed by atoms with E-state index in [1.54, 1.807) is 36.0 Å². The van der Waals surface area contributed by atoms with Crippen molar-refractivity contribution in [1.82, 2.24) is 18.7 Å². The van der Waals surface area contributed by atoms with Crippen LogP contribution in [-0.4, -0.2) is 31.8 Å². The lowest BCUT2D eigenvalue weighted by atomic mass is 10.0. The van der Waals surface area contributed by atoms with E-state index in [1.165, 1.54) is 16.2 Å². The number of nitrogens with zero attached hydrogens (tertiary/aromatic N) is 4. The van der Waals surface area contributed by atoms with Crippen LogP contribution >= 0.6 is 0 Å². The molecule has 0 bridgehead atoms. The first-order valence-corrected chi connectivity index (χ1v) is 10.8. The highest BCUT2D eigenvalue weighted by Crippen LogP contribution is 2.19. The zero-order chi connectivity index (χ0) is 23.7. The van der Waals surface area contributed by atoms with Crippen molar-refractivity contribution in [2.45, 2.75) is 39.8 Å². The molecular formula is C25H26N4O4. The minimum absolute atomic E-state index is 0.237. The molecule has 0 aliphatic rings. The van der Waals surface area contributed by atoms with E-state index >= 15 is 0 Å². The number of benzene rings is 2. The number of hydrogen-bond acceptors (Lipinski definition) is 5. The number of hydrogen-bond donors (Lipinski definition) is 0. The average molecular weight is 447 g/mol. The Bertz CT molecular complexity index is 1440. The fourth-order valence-corrected chi connectivity index (χ4v) is 3.93. The number of carbonyl (C=O) groups excluding carboxylic acids is 1. The number of fused-ring (bicyclic) bond motifs is 1. The van der Waals surface area contributed by atoms with Crippen LogP contribution in [-0.2, 0) is 17.8 Å². The van der Waals surface area contributed by atoms with Gasteiger partial charge < -0.3 is 9.30 Å². The van der Waals surface area contributed by atoms with Gasteiger partial charge >= 0.3 is 11.7 Å². The molecule has 0 unspecified atom stereocenters. The number of rotatable bonds is 6. The van der Waals surface area contributed by atoms with Crippen LogP contribution in [0.1, 0.15) is 48.2 Å². The molecule has 0 spiro atoms. The van der Waals surface area contributed by atoms with Crippen LogP contribution < -0.4 is 11.2 Å². The molecule has 0 radical (unpaired) electrons. The Balaban J connectivity index is 1.88. The Kier molecular flexibility index (Phi) is 6.00. The lowest BCUT2D eigenvalue weighted by Gasteiger charge is -2.13. The Labute approximate surface area is 190 Å². The molecule has 0 aliphatic carbocycles. The Morgan fingerprint density at radius 2 is 1.82 bits per heavy atom. The number of imidazole rings is 1. The molecule has 2 aromatic carbocycles. The molecule has 0 atom stereocenters. The zero-order valence-electron chi connectivity index (χ0n) is 19.1. The Morgan fingerprint density at radius 1 is 1.09 bits per heavy atom. The van der Waals surface area contributed by atoms with Gasteiger partial charge in [-0.15, -0.1) is 0 Å². The average Bonchev–Trinajstić information content (AvgIpc) is 3.22. The molecule has 4 rings (SSSR count). The summed E-state index contributed by atoms with van der Waals surface area (Å²) in [5.41, 5.74) is 2.84. The first-order valence-electron chi connectivity index (χ1n) is 10.8. The molecular weight excluding hydrogens is 420 g/mol. The third-order valence-electron chi connectivity index (χ3n) is 5.74. The van der Waals surface area contributed by atoms with Gasteiger partial charge in [-0.1, -0.05) is 38.1 Å². The maximum Gasteiger partial charge on any atom is 0.337 e. The second-order valence-electron chi connectivity index (χ2n) is 8.15. The van der Waals surface area contributed by atoms with Crippen LogP contribution in [0.25, 0.3) is 16.9 Å². The monoisotopic (exact) mass is 446 g/mol. The Morgan fingerprint density at radius 3 is 2.45 bits per heavy atom. The van der Waals surface area contributed by atoms with Gasteiger partial charge in [0.1, 0.15) is 0 Å². The molecule has 0 saturated heterocycles. The SMILES string of the molecule is CCn1c(=O)c2c(ncn2Cc2cccc(C(=O)OC)c2)n(-c2ccc(C(C)C)cc2)c1=O. The summed E-state index contributed by atoms with van der Waals surface area (Å²) in [6, 6.07) is 14.7. The van der Waals surface area contributed by atoms with E-state index in [2.05, 4.69) is 18.8 Å². The lowest BCUT2D eigenvalue weighted by molar-refractivity contribution is 0.0600. The first-order chi connectivity index (χ1) is 15.8. The normalized spacial score (nSPS) is 11.3. The van der Waals surface area contributed by atoms with Crippen molar-refractivity contribution >= 4 is 17.1 Å². The molecule has 0 amide bonds. The van der Waals surface area contributed by atoms with Crippen molar-refractivity contribution in [3.8, 4) is 5.69 Å². The summed E-state index contributed by atoms with van der Waals surface area (Å²) in [6.45, 7) is 6.52. The molecule has 0 saturated carbocycles. The van der Waals surface area contributed by atoms with Crippen molar-refractivity contribution in [3.63, 3.8) is 0 Å². The van der Waals surface area contributed by atoms with Crippen molar-refractivity contribution in [3.05, 3.63) is 92.4 Å². The van der Waals surface area contributed by atoms with E-state index in [1.807, 2.05) is 30.3 Å². The van der Waals surface area contributed by atoms with Gasteiger partial charge in [-0.2, -0.15) is 0 Å². The third kappa shape index (κ3) is 4.00. The van der Waals surface area contributed by atoms with E-state index in [4.69, 9.17) is 4.74 Å². The number of carbonyl (C=O) groups is 1. The maximum atomic E-state index is 13.2. The summed E-state index contributed by atoms with van der Waals surface area (Å²) < 4.78 is 9.19. The minimum atomic E-state index is -0.431. The molecule has 0 fully saturated rings. The van der Waals surface area contributed by atoms with Gasteiger partial charge in [0.25, 0.3) is 5.56 Å². The van der Waals surface area contributed by atoms with E-state index in [0.717, 1.165) is 11.1 Å². The van der Waals surface area contributed by atoms with Crippen LogP contribution in [0.5, 0.6) is 0 Å². The molecule has 8 nitrogen and oxygen atoms in total. The summed E-state index contributed by atoms with van der Waals surface area (Å²) in [4.78, 5) is 42.7.